The van der Waals surface area contributed by atoms with Gasteiger partial charge in [-0.25, -0.2) is 4.98 Å². The number of hydrogen-bond acceptors (Lipinski definition) is 4. The van der Waals surface area contributed by atoms with Crippen molar-refractivity contribution in [3.63, 3.8) is 0 Å². The Bertz CT molecular complexity index is 631. The summed E-state index contributed by atoms with van der Waals surface area (Å²) in [6, 6.07) is 10.5. The second-order valence-electron chi connectivity index (χ2n) is 5.46. The molecule has 0 aliphatic rings. The Morgan fingerprint density at radius 1 is 1.28 bits per heavy atom. The molecule has 0 fully saturated rings. The SMILES string of the molecule is CCc1nc(CCNC(=NC)NCC(C)Sc2ccccc2)cs1.I. The van der Waals surface area contributed by atoms with Gasteiger partial charge in [0.2, 0.25) is 0 Å². The van der Waals surface area contributed by atoms with E-state index in [-0.39, 0.29) is 24.0 Å². The maximum absolute atomic E-state index is 4.59. The molecule has 2 rings (SSSR count). The highest BCUT2D eigenvalue weighted by molar-refractivity contribution is 14.0. The summed E-state index contributed by atoms with van der Waals surface area (Å²) in [7, 11) is 1.81. The third-order valence-electron chi connectivity index (χ3n) is 3.44. The maximum atomic E-state index is 4.59. The van der Waals surface area contributed by atoms with Crippen molar-refractivity contribution in [2.75, 3.05) is 20.1 Å². The van der Waals surface area contributed by atoms with E-state index in [0.29, 0.717) is 5.25 Å². The molecular weight excluding hydrogens is 463 g/mol. The number of guanidine groups is 1. The average Bonchev–Trinajstić information content (AvgIpc) is 3.07. The van der Waals surface area contributed by atoms with Crippen molar-refractivity contribution >= 4 is 53.0 Å². The molecule has 1 heterocycles. The highest BCUT2D eigenvalue weighted by Gasteiger charge is 2.06. The topological polar surface area (TPSA) is 49.3 Å². The predicted octanol–water partition coefficient (Wildman–Crippen LogP) is 4.21. The number of halogens is 1. The number of thiazole rings is 1. The van der Waals surface area contributed by atoms with E-state index in [9.17, 15) is 0 Å². The number of aliphatic imine (C=N–C) groups is 1. The van der Waals surface area contributed by atoms with Crippen molar-refractivity contribution in [1.82, 2.24) is 15.6 Å². The van der Waals surface area contributed by atoms with Gasteiger partial charge in [0.1, 0.15) is 0 Å². The Hall–Kier alpha value is -0.800. The first-order valence-electron chi connectivity index (χ1n) is 8.30. The molecule has 0 saturated carbocycles. The van der Waals surface area contributed by atoms with Crippen LogP contribution >= 0.6 is 47.1 Å². The lowest BCUT2D eigenvalue weighted by molar-refractivity contribution is 0.773. The fourth-order valence-electron chi connectivity index (χ4n) is 2.17. The average molecular weight is 490 g/mol. The van der Waals surface area contributed by atoms with E-state index in [1.807, 2.05) is 24.9 Å². The van der Waals surface area contributed by atoms with Gasteiger partial charge in [-0.3, -0.25) is 4.99 Å². The highest BCUT2D eigenvalue weighted by atomic mass is 127. The summed E-state index contributed by atoms with van der Waals surface area (Å²) in [5.74, 6) is 0.849. The summed E-state index contributed by atoms with van der Waals surface area (Å²) >= 11 is 3.61. The van der Waals surface area contributed by atoms with Gasteiger partial charge in [-0.05, 0) is 18.6 Å². The number of aryl methyl sites for hydroxylation is 1. The quantitative estimate of drug-likeness (QED) is 0.252. The standard InChI is InChI=1S/C18H26N4S2.HI/c1-4-17-22-15(13-23-17)10-11-20-18(19-3)21-12-14(2)24-16-8-6-5-7-9-16;/h5-9,13-14H,4,10-12H2,1-3H3,(H2,19,20,21);1H. The normalized spacial score (nSPS) is 12.4. The zero-order chi connectivity index (χ0) is 17.2. The first kappa shape index (κ1) is 22.2. The fourth-order valence-corrected chi connectivity index (χ4v) is 3.89. The van der Waals surface area contributed by atoms with Gasteiger partial charge >= 0.3 is 0 Å². The van der Waals surface area contributed by atoms with Gasteiger partial charge in [0.05, 0.1) is 10.7 Å². The largest absolute Gasteiger partial charge is 0.356 e. The molecule has 0 bridgehead atoms. The zero-order valence-corrected chi connectivity index (χ0v) is 19.0. The summed E-state index contributed by atoms with van der Waals surface area (Å²) < 4.78 is 0. The van der Waals surface area contributed by atoms with Crippen molar-refractivity contribution in [2.24, 2.45) is 4.99 Å². The third kappa shape index (κ3) is 8.42. The molecule has 1 unspecified atom stereocenters. The molecule has 1 aromatic carbocycles. The first-order chi connectivity index (χ1) is 11.7. The second-order valence-corrected chi connectivity index (χ2v) is 7.91. The van der Waals surface area contributed by atoms with Crippen molar-refractivity contribution < 1.29 is 0 Å². The lowest BCUT2D eigenvalue weighted by Crippen LogP contribution is -2.40. The van der Waals surface area contributed by atoms with Crippen LogP contribution in [0.4, 0.5) is 0 Å². The molecule has 0 spiro atoms. The number of rotatable bonds is 8. The first-order valence-corrected chi connectivity index (χ1v) is 10.1. The molecule has 4 nitrogen and oxygen atoms in total. The summed E-state index contributed by atoms with van der Waals surface area (Å²) in [4.78, 5) is 10.2. The molecule has 0 aliphatic heterocycles. The molecule has 138 valence electrons. The van der Waals surface area contributed by atoms with Gasteiger partial charge in [-0.1, -0.05) is 32.0 Å². The van der Waals surface area contributed by atoms with E-state index in [0.717, 1.165) is 37.6 Å². The van der Waals surface area contributed by atoms with Gasteiger partial charge in [0.15, 0.2) is 5.96 Å². The molecule has 25 heavy (non-hydrogen) atoms. The van der Waals surface area contributed by atoms with E-state index in [1.54, 1.807) is 11.3 Å². The summed E-state index contributed by atoms with van der Waals surface area (Å²) in [5.41, 5.74) is 1.16. The fraction of sp³-hybridized carbons (Fsp3) is 0.444. The highest BCUT2D eigenvalue weighted by Crippen LogP contribution is 2.21. The zero-order valence-electron chi connectivity index (χ0n) is 15.0. The van der Waals surface area contributed by atoms with Gasteiger partial charge in [0, 0.05) is 42.1 Å². The predicted molar refractivity (Wildman–Crippen MR) is 122 cm³/mol. The molecule has 0 aliphatic carbocycles. The van der Waals surface area contributed by atoms with Crippen LogP contribution in [-0.2, 0) is 12.8 Å². The smallest absolute Gasteiger partial charge is 0.191 e. The number of benzene rings is 1. The minimum absolute atomic E-state index is 0. The van der Waals surface area contributed by atoms with Crippen molar-refractivity contribution in [2.45, 2.75) is 36.8 Å². The molecule has 1 atom stereocenters. The molecular formula is C18H27IN4S2. The van der Waals surface area contributed by atoms with Gasteiger partial charge in [-0.15, -0.1) is 47.1 Å². The van der Waals surface area contributed by atoms with Crippen LogP contribution in [0.25, 0.3) is 0 Å². The van der Waals surface area contributed by atoms with Crippen LogP contribution in [0, 0.1) is 0 Å². The van der Waals surface area contributed by atoms with E-state index in [2.05, 4.69) is 64.1 Å². The van der Waals surface area contributed by atoms with Crippen LogP contribution in [0.5, 0.6) is 0 Å². The van der Waals surface area contributed by atoms with E-state index < -0.39 is 0 Å². The Kier molecular flexibility index (Phi) is 11.2. The van der Waals surface area contributed by atoms with Crippen LogP contribution in [0.2, 0.25) is 0 Å². The number of nitrogens with one attached hydrogen (secondary N) is 2. The van der Waals surface area contributed by atoms with Crippen molar-refractivity contribution in [3.05, 3.63) is 46.4 Å². The Morgan fingerprint density at radius 2 is 2.04 bits per heavy atom. The second kappa shape index (κ2) is 12.5. The van der Waals surface area contributed by atoms with E-state index in [4.69, 9.17) is 0 Å². The Morgan fingerprint density at radius 3 is 2.68 bits per heavy atom. The summed E-state index contributed by atoms with van der Waals surface area (Å²) in [6.45, 7) is 6.07. The monoisotopic (exact) mass is 490 g/mol. The van der Waals surface area contributed by atoms with Crippen molar-refractivity contribution in [3.8, 4) is 0 Å². The minimum atomic E-state index is 0. The number of hydrogen-bond donors (Lipinski definition) is 2. The van der Waals surface area contributed by atoms with Crippen LogP contribution in [0.1, 0.15) is 24.5 Å². The van der Waals surface area contributed by atoms with E-state index >= 15 is 0 Å². The summed E-state index contributed by atoms with van der Waals surface area (Å²) in [5, 5.41) is 10.6. The molecule has 1 aromatic heterocycles. The van der Waals surface area contributed by atoms with Crippen LogP contribution in [0.3, 0.4) is 0 Å². The third-order valence-corrected chi connectivity index (χ3v) is 5.59. The Labute approximate surface area is 176 Å². The molecule has 7 heteroatoms. The van der Waals surface area contributed by atoms with Crippen molar-refractivity contribution in [1.29, 1.82) is 0 Å². The van der Waals surface area contributed by atoms with Crippen LogP contribution in [-0.4, -0.2) is 36.3 Å². The molecule has 0 amide bonds. The summed E-state index contributed by atoms with van der Waals surface area (Å²) in [6.07, 6.45) is 1.93. The molecule has 0 saturated heterocycles. The minimum Gasteiger partial charge on any atom is -0.356 e. The van der Waals surface area contributed by atoms with Crippen LogP contribution in [0.15, 0.2) is 45.6 Å². The van der Waals surface area contributed by atoms with Gasteiger partial charge in [-0.2, -0.15) is 0 Å². The molecule has 2 aromatic rings. The number of thioether (sulfide) groups is 1. The van der Waals surface area contributed by atoms with E-state index in [1.165, 1.54) is 9.90 Å². The number of aromatic nitrogens is 1. The molecule has 0 radical (unpaired) electrons. The Balaban J connectivity index is 0.00000312. The van der Waals surface area contributed by atoms with Gasteiger partial charge in [0.25, 0.3) is 0 Å². The maximum Gasteiger partial charge on any atom is 0.191 e. The van der Waals surface area contributed by atoms with Gasteiger partial charge < -0.3 is 10.6 Å². The lowest BCUT2D eigenvalue weighted by atomic mass is 10.3. The lowest BCUT2D eigenvalue weighted by Gasteiger charge is -2.15. The molecule has 2 N–H and O–H groups in total. The van der Waals surface area contributed by atoms with Crippen LogP contribution < -0.4 is 10.6 Å². The number of nitrogens with zero attached hydrogens (tertiary/aromatic N) is 2.